The minimum atomic E-state index is -3.95. The Hall–Kier alpha value is -2.94. The van der Waals surface area contributed by atoms with Crippen molar-refractivity contribution in [1.82, 2.24) is 14.3 Å². The summed E-state index contributed by atoms with van der Waals surface area (Å²) in [5.41, 5.74) is -0.248. The number of nitrogens with one attached hydrogen (secondary N) is 1. The summed E-state index contributed by atoms with van der Waals surface area (Å²) in [5, 5.41) is 13.0. The monoisotopic (exact) mass is 360 g/mol. The molecular formula is C16H16N4O4S. The zero-order valence-electron chi connectivity index (χ0n) is 13.4. The Labute approximate surface area is 144 Å². The summed E-state index contributed by atoms with van der Waals surface area (Å²) in [7, 11) is -3.95. The van der Waals surface area contributed by atoms with Gasteiger partial charge in [0.25, 0.3) is 15.9 Å². The SMILES string of the molecule is CCCN1C(C(=O)Nc2ncccn2)=C(O)c2ccccc2S1(=O)=O. The van der Waals surface area contributed by atoms with Gasteiger partial charge in [-0.2, -0.15) is 0 Å². The van der Waals surface area contributed by atoms with Crippen molar-refractivity contribution < 1.29 is 18.3 Å². The van der Waals surface area contributed by atoms with Gasteiger partial charge in [-0.05, 0) is 24.6 Å². The van der Waals surface area contributed by atoms with E-state index in [1.807, 2.05) is 0 Å². The van der Waals surface area contributed by atoms with Crippen LogP contribution in [0.25, 0.3) is 5.76 Å². The molecule has 1 aromatic heterocycles. The van der Waals surface area contributed by atoms with Crippen LogP contribution in [0.3, 0.4) is 0 Å². The number of fused-ring (bicyclic) bond motifs is 1. The highest BCUT2D eigenvalue weighted by Gasteiger charge is 2.39. The van der Waals surface area contributed by atoms with E-state index in [4.69, 9.17) is 0 Å². The Kier molecular flexibility index (Phi) is 4.41. The highest BCUT2D eigenvalue weighted by Crippen LogP contribution is 2.35. The fourth-order valence-electron chi connectivity index (χ4n) is 2.55. The van der Waals surface area contributed by atoms with E-state index in [0.29, 0.717) is 6.42 Å². The van der Waals surface area contributed by atoms with Crippen LogP contribution < -0.4 is 5.32 Å². The van der Waals surface area contributed by atoms with E-state index in [1.54, 1.807) is 25.1 Å². The van der Waals surface area contributed by atoms with Gasteiger partial charge in [0.15, 0.2) is 11.5 Å². The second kappa shape index (κ2) is 6.52. The Morgan fingerprint density at radius 1 is 1.20 bits per heavy atom. The molecule has 0 unspecified atom stereocenters. The molecule has 0 radical (unpaired) electrons. The number of aliphatic hydroxyl groups is 1. The number of amides is 1. The van der Waals surface area contributed by atoms with E-state index < -0.39 is 21.7 Å². The molecule has 9 heteroatoms. The van der Waals surface area contributed by atoms with Crippen molar-refractivity contribution in [3.8, 4) is 0 Å². The van der Waals surface area contributed by atoms with Gasteiger partial charge in [0, 0.05) is 24.5 Å². The maximum atomic E-state index is 12.9. The molecule has 2 N–H and O–H groups in total. The van der Waals surface area contributed by atoms with Gasteiger partial charge in [-0.25, -0.2) is 18.4 Å². The first-order valence-corrected chi connectivity index (χ1v) is 9.04. The molecule has 0 aliphatic carbocycles. The average molecular weight is 360 g/mol. The summed E-state index contributed by atoms with van der Waals surface area (Å²) in [6, 6.07) is 7.60. The minimum absolute atomic E-state index is 0.0144. The topological polar surface area (TPSA) is 112 Å². The van der Waals surface area contributed by atoms with Crippen molar-refractivity contribution >= 4 is 27.6 Å². The molecule has 25 heavy (non-hydrogen) atoms. The van der Waals surface area contributed by atoms with Gasteiger partial charge < -0.3 is 5.11 Å². The molecule has 1 aliphatic heterocycles. The van der Waals surface area contributed by atoms with Gasteiger partial charge in [-0.3, -0.25) is 14.4 Å². The Morgan fingerprint density at radius 3 is 2.56 bits per heavy atom. The molecule has 0 saturated carbocycles. The van der Waals surface area contributed by atoms with Gasteiger partial charge in [0.1, 0.15) is 0 Å². The highest BCUT2D eigenvalue weighted by molar-refractivity contribution is 7.89. The molecule has 8 nitrogen and oxygen atoms in total. The molecule has 0 spiro atoms. The summed E-state index contributed by atoms with van der Waals surface area (Å²) in [4.78, 5) is 20.4. The lowest BCUT2D eigenvalue weighted by atomic mass is 10.1. The van der Waals surface area contributed by atoms with Crippen molar-refractivity contribution in [3.05, 3.63) is 54.0 Å². The number of hydrogen-bond acceptors (Lipinski definition) is 6. The zero-order valence-corrected chi connectivity index (χ0v) is 14.2. The quantitative estimate of drug-likeness (QED) is 0.859. The van der Waals surface area contributed by atoms with E-state index in [2.05, 4.69) is 15.3 Å². The molecule has 0 saturated heterocycles. The van der Waals surface area contributed by atoms with Gasteiger partial charge in [0.05, 0.1) is 4.90 Å². The second-order valence-electron chi connectivity index (χ2n) is 5.30. The number of aromatic nitrogens is 2. The fraction of sp³-hybridized carbons (Fsp3) is 0.188. The third kappa shape index (κ3) is 2.93. The first-order chi connectivity index (χ1) is 12.0. The lowest BCUT2D eigenvalue weighted by molar-refractivity contribution is -0.113. The van der Waals surface area contributed by atoms with Crippen molar-refractivity contribution in [2.45, 2.75) is 18.2 Å². The van der Waals surface area contributed by atoms with E-state index in [0.717, 1.165) is 4.31 Å². The Balaban J connectivity index is 2.12. The summed E-state index contributed by atoms with van der Waals surface area (Å²) in [6.07, 6.45) is 3.34. The van der Waals surface area contributed by atoms with Gasteiger partial charge in [-0.15, -0.1) is 0 Å². The summed E-state index contributed by atoms with van der Waals surface area (Å²) < 4.78 is 26.7. The van der Waals surface area contributed by atoms with Crippen LogP contribution in [-0.4, -0.2) is 40.2 Å². The first kappa shape index (κ1) is 16.9. The number of carbonyl (C=O) groups excluding carboxylic acids is 1. The number of anilines is 1. The minimum Gasteiger partial charge on any atom is -0.505 e. The summed E-state index contributed by atoms with van der Waals surface area (Å²) in [5.74, 6) is -1.18. The van der Waals surface area contributed by atoms with Crippen molar-refractivity contribution in [3.63, 3.8) is 0 Å². The van der Waals surface area contributed by atoms with E-state index in [1.165, 1.54) is 24.5 Å². The summed E-state index contributed by atoms with van der Waals surface area (Å²) in [6.45, 7) is 1.84. The van der Waals surface area contributed by atoms with Crippen molar-refractivity contribution in [2.75, 3.05) is 11.9 Å². The van der Waals surface area contributed by atoms with Crippen molar-refractivity contribution in [1.29, 1.82) is 0 Å². The van der Waals surface area contributed by atoms with Gasteiger partial charge >= 0.3 is 0 Å². The van der Waals surface area contributed by atoms with E-state index in [9.17, 15) is 18.3 Å². The van der Waals surface area contributed by atoms with E-state index in [-0.39, 0.29) is 28.6 Å². The lowest BCUT2D eigenvalue weighted by Gasteiger charge is -2.31. The molecule has 3 rings (SSSR count). The van der Waals surface area contributed by atoms with Crippen LogP contribution in [0.5, 0.6) is 0 Å². The lowest BCUT2D eigenvalue weighted by Crippen LogP contribution is -2.40. The molecule has 2 heterocycles. The number of hydrogen-bond donors (Lipinski definition) is 2. The van der Waals surface area contributed by atoms with Gasteiger partial charge in [-0.1, -0.05) is 19.1 Å². The van der Waals surface area contributed by atoms with Crippen LogP contribution in [0.1, 0.15) is 18.9 Å². The predicted molar refractivity (Wildman–Crippen MR) is 90.8 cm³/mol. The molecule has 130 valence electrons. The average Bonchev–Trinajstić information content (AvgIpc) is 2.61. The van der Waals surface area contributed by atoms with Crippen LogP contribution in [0.15, 0.2) is 53.3 Å². The van der Waals surface area contributed by atoms with E-state index >= 15 is 0 Å². The normalized spacial score (nSPS) is 15.6. The molecule has 1 aliphatic rings. The van der Waals surface area contributed by atoms with Crippen LogP contribution in [0.4, 0.5) is 5.95 Å². The molecule has 0 fully saturated rings. The Morgan fingerprint density at radius 2 is 1.88 bits per heavy atom. The standard InChI is InChI=1S/C16H16N4O4S/c1-2-10-20-13(15(22)19-16-17-8-5-9-18-16)14(21)11-6-3-4-7-12(11)25(20,23)24/h3-9,21H,2,10H2,1H3,(H,17,18,19,22). The van der Waals surface area contributed by atoms with Crippen LogP contribution in [0.2, 0.25) is 0 Å². The predicted octanol–water partition coefficient (Wildman–Crippen LogP) is 1.76. The van der Waals surface area contributed by atoms with Crippen molar-refractivity contribution in [2.24, 2.45) is 0 Å². The number of rotatable bonds is 4. The number of benzene rings is 1. The third-order valence-corrected chi connectivity index (χ3v) is 5.47. The van der Waals surface area contributed by atoms with Crippen LogP contribution in [0, 0.1) is 0 Å². The molecule has 0 atom stereocenters. The number of sulfonamides is 1. The molecule has 0 bridgehead atoms. The third-order valence-electron chi connectivity index (χ3n) is 3.62. The maximum Gasteiger partial charge on any atom is 0.279 e. The molecule has 2 aromatic rings. The maximum absolute atomic E-state index is 12.9. The first-order valence-electron chi connectivity index (χ1n) is 7.60. The second-order valence-corrected chi connectivity index (χ2v) is 7.13. The van der Waals surface area contributed by atoms with Crippen LogP contribution in [-0.2, 0) is 14.8 Å². The molecular weight excluding hydrogens is 344 g/mol. The number of aliphatic hydroxyl groups excluding tert-OH is 1. The zero-order chi connectivity index (χ0) is 18.0. The highest BCUT2D eigenvalue weighted by atomic mass is 32.2. The largest absolute Gasteiger partial charge is 0.505 e. The Bertz CT molecular complexity index is 942. The summed E-state index contributed by atoms with van der Waals surface area (Å²) >= 11 is 0. The molecule has 1 aromatic carbocycles. The van der Waals surface area contributed by atoms with Crippen LogP contribution >= 0.6 is 0 Å². The number of nitrogens with zero attached hydrogens (tertiary/aromatic N) is 3. The smallest absolute Gasteiger partial charge is 0.279 e. The molecule has 1 amide bonds. The fourth-order valence-corrected chi connectivity index (χ4v) is 4.32. The van der Waals surface area contributed by atoms with Gasteiger partial charge in [0.2, 0.25) is 5.95 Å². The number of carbonyl (C=O) groups is 1.